The van der Waals surface area contributed by atoms with Crippen LogP contribution in [0.3, 0.4) is 0 Å². The van der Waals surface area contributed by atoms with Gasteiger partial charge in [-0.2, -0.15) is 0 Å². The Balaban J connectivity index is 2.98. The molecule has 0 saturated carbocycles. The van der Waals surface area contributed by atoms with Gasteiger partial charge in [-0.05, 0) is 6.07 Å². The molecule has 0 bridgehead atoms. The van der Waals surface area contributed by atoms with Gasteiger partial charge in [-0.25, -0.2) is 13.1 Å². The molecule has 0 aliphatic carbocycles. The molecule has 92 valence electrons. The van der Waals surface area contributed by atoms with E-state index in [1.54, 1.807) is 0 Å². The molecule has 0 saturated heterocycles. The number of nitrogens with one attached hydrogen (secondary N) is 1. The van der Waals surface area contributed by atoms with Crippen LogP contribution in [0.5, 0.6) is 0 Å². The summed E-state index contributed by atoms with van der Waals surface area (Å²) in [6, 6.07) is 0.252. The fraction of sp³-hybridized carbons (Fsp3) is 0.429. The summed E-state index contributed by atoms with van der Waals surface area (Å²) >= 11 is 12.2. The normalized spacial score (nSPS) is 12.3. The molecule has 0 aliphatic heterocycles. The molecular weight excluding hydrogens is 297 g/mol. The van der Waals surface area contributed by atoms with Crippen LogP contribution >= 0.6 is 34.5 Å². The Morgan fingerprint density at radius 2 is 1.94 bits per heavy atom. The minimum absolute atomic E-state index is 0.0344. The van der Waals surface area contributed by atoms with Crippen molar-refractivity contribution in [2.24, 2.45) is 0 Å². The number of hydrogen-bond acceptors (Lipinski definition) is 5. The van der Waals surface area contributed by atoms with Gasteiger partial charge in [0.15, 0.2) is 0 Å². The number of sulfonamides is 1. The SMILES string of the molecule is O=S(=O)(NC(CO)CO)c1cc(Cl)sc1Cl. The summed E-state index contributed by atoms with van der Waals surface area (Å²) in [5.41, 5.74) is 0. The second kappa shape index (κ2) is 5.63. The predicted octanol–water partition coefficient (Wildman–Crippen LogP) is 0.686. The second-order valence-electron chi connectivity index (χ2n) is 2.87. The summed E-state index contributed by atoms with van der Waals surface area (Å²) in [5.74, 6) is 0. The first-order chi connectivity index (χ1) is 7.40. The topological polar surface area (TPSA) is 86.6 Å². The quantitative estimate of drug-likeness (QED) is 0.747. The lowest BCUT2D eigenvalue weighted by Gasteiger charge is -2.12. The summed E-state index contributed by atoms with van der Waals surface area (Å²) in [4.78, 5) is -0.156. The lowest BCUT2D eigenvalue weighted by molar-refractivity contribution is 0.185. The van der Waals surface area contributed by atoms with Crippen molar-refractivity contribution in [3.8, 4) is 0 Å². The number of aliphatic hydroxyl groups is 2. The van der Waals surface area contributed by atoms with E-state index in [4.69, 9.17) is 33.4 Å². The fourth-order valence-electron chi connectivity index (χ4n) is 0.924. The van der Waals surface area contributed by atoms with E-state index in [-0.39, 0.29) is 13.6 Å². The highest BCUT2D eigenvalue weighted by molar-refractivity contribution is 7.89. The van der Waals surface area contributed by atoms with Gasteiger partial charge in [0.05, 0.1) is 23.6 Å². The van der Waals surface area contributed by atoms with Gasteiger partial charge in [-0.3, -0.25) is 0 Å². The van der Waals surface area contributed by atoms with Crippen LogP contribution in [0.1, 0.15) is 0 Å². The minimum Gasteiger partial charge on any atom is -0.395 e. The fourth-order valence-corrected chi connectivity index (χ4v) is 4.29. The zero-order valence-electron chi connectivity index (χ0n) is 7.85. The number of aliphatic hydroxyl groups excluding tert-OH is 2. The van der Waals surface area contributed by atoms with Crippen molar-refractivity contribution < 1.29 is 18.6 Å². The van der Waals surface area contributed by atoms with Crippen LogP contribution in [-0.4, -0.2) is 37.9 Å². The van der Waals surface area contributed by atoms with Crippen LogP contribution in [0.15, 0.2) is 11.0 Å². The van der Waals surface area contributed by atoms with Gasteiger partial charge >= 0.3 is 0 Å². The number of rotatable bonds is 5. The Bertz CT molecular complexity index is 455. The Morgan fingerprint density at radius 3 is 2.31 bits per heavy atom. The molecule has 0 unspecified atom stereocenters. The summed E-state index contributed by atoms with van der Waals surface area (Å²) in [7, 11) is -3.87. The van der Waals surface area contributed by atoms with Crippen LogP contribution in [0.2, 0.25) is 8.67 Å². The zero-order valence-corrected chi connectivity index (χ0v) is 11.0. The van der Waals surface area contributed by atoms with Crippen LogP contribution in [0.25, 0.3) is 0 Å². The molecule has 0 spiro atoms. The highest BCUT2D eigenvalue weighted by atomic mass is 35.5. The van der Waals surface area contributed by atoms with Gasteiger partial charge in [-0.1, -0.05) is 23.2 Å². The third-order valence-corrected chi connectivity index (χ3v) is 4.95. The first kappa shape index (κ1) is 14.2. The first-order valence-electron chi connectivity index (χ1n) is 4.09. The van der Waals surface area contributed by atoms with Crippen molar-refractivity contribution in [3.05, 3.63) is 14.7 Å². The van der Waals surface area contributed by atoms with Gasteiger partial charge in [-0.15, -0.1) is 11.3 Å². The Hall–Kier alpha value is 0.110. The van der Waals surface area contributed by atoms with Crippen LogP contribution in [-0.2, 0) is 10.0 Å². The highest BCUT2D eigenvalue weighted by Gasteiger charge is 2.23. The number of thiophene rings is 1. The summed E-state index contributed by atoms with van der Waals surface area (Å²) in [5, 5.41) is 17.5. The van der Waals surface area contributed by atoms with Crippen molar-refractivity contribution in [3.63, 3.8) is 0 Å². The van der Waals surface area contributed by atoms with Crippen molar-refractivity contribution >= 4 is 44.6 Å². The summed E-state index contributed by atoms with van der Waals surface area (Å²) in [6.07, 6.45) is 0. The van der Waals surface area contributed by atoms with E-state index in [9.17, 15) is 8.42 Å². The lowest BCUT2D eigenvalue weighted by Crippen LogP contribution is -2.39. The summed E-state index contributed by atoms with van der Waals surface area (Å²) in [6.45, 7) is -1.02. The maximum atomic E-state index is 11.7. The van der Waals surface area contributed by atoms with Gasteiger partial charge in [0.2, 0.25) is 10.0 Å². The van der Waals surface area contributed by atoms with E-state index in [2.05, 4.69) is 4.72 Å². The van der Waals surface area contributed by atoms with Crippen molar-refractivity contribution in [1.29, 1.82) is 0 Å². The molecule has 16 heavy (non-hydrogen) atoms. The second-order valence-corrected chi connectivity index (χ2v) is 6.84. The Morgan fingerprint density at radius 1 is 1.38 bits per heavy atom. The molecule has 1 aromatic rings. The van der Waals surface area contributed by atoms with Gasteiger partial charge in [0, 0.05) is 0 Å². The van der Waals surface area contributed by atoms with Gasteiger partial charge in [0.25, 0.3) is 0 Å². The molecule has 9 heteroatoms. The van der Waals surface area contributed by atoms with Crippen molar-refractivity contribution in [1.82, 2.24) is 4.72 Å². The van der Waals surface area contributed by atoms with Gasteiger partial charge in [0.1, 0.15) is 9.23 Å². The maximum Gasteiger partial charge on any atom is 0.243 e. The van der Waals surface area contributed by atoms with E-state index in [0.717, 1.165) is 11.3 Å². The molecule has 1 aromatic heterocycles. The predicted molar refractivity (Wildman–Crippen MR) is 62.6 cm³/mol. The molecule has 0 fully saturated rings. The average molecular weight is 306 g/mol. The molecule has 0 aliphatic rings. The average Bonchev–Trinajstić information content (AvgIpc) is 2.55. The third-order valence-electron chi connectivity index (χ3n) is 1.68. The Labute approximate surface area is 107 Å². The van der Waals surface area contributed by atoms with E-state index in [1.807, 2.05) is 0 Å². The molecule has 5 nitrogen and oxygen atoms in total. The third kappa shape index (κ3) is 3.30. The van der Waals surface area contributed by atoms with E-state index < -0.39 is 29.3 Å². The molecule has 0 atom stereocenters. The monoisotopic (exact) mass is 305 g/mol. The maximum absolute atomic E-state index is 11.7. The lowest BCUT2D eigenvalue weighted by atomic mass is 10.4. The van der Waals surface area contributed by atoms with Gasteiger partial charge < -0.3 is 10.2 Å². The van der Waals surface area contributed by atoms with E-state index >= 15 is 0 Å². The standard InChI is InChI=1S/C7H9Cl2NO4S2/c8-6-1-5(7(9)15-6)16(13,14)10-4(2-11)3-12/h1,4,10-12H,2-3H2. The molecular formula is C7H9Cl2NO4S2. The van der Waals surface area contributed by atoms with Crippen molar-refractivity contribution in [2.75, 3.05) is 13.2 Å². The molecule has 1 rings (SSSR count). The summed E-state index contributed by atoms with van der Waals surface area (Å²) < 4.78 is 25.8. The first-order valence-corrected chi connectivity index (χ1v) is 7.15. The zero-order chi connectivity index (χ0) is 12.3. The minimum atomic E-state index is -3.87. The molecule has 0 amide bonds. The molecule has 3 N–H and O–H groups in total. The highest BCUT2D eigenvalue weighted by Crippen LogP contribution is 2.34. The molecule has 1 heterocycles. The van der Waals surface area contributed by atoms with Crippen LogP contribution < -0.4 is 4.72 Å². The van der Waals surface area contributed by atoms with Crippen molar-refractivity contribution in [2.45, 2.75) is 10.9 Å². The van der Waals surface area contributed by atoms with Crippen LogP contribution in [0, 0.1) is 0 Å². The van der Waals surface area contributed by atoms with E-state index in [1.165, 1.54) is 6.07 Å². The van der Waals surface area contributed by atoms with Crippen LogP contribution in [0.4, 0.5) is 0 Å². The molecule has 0 radical (unpaired) electrons. The molecule has 0 aromatic carbocycles. The van der Waals surface area contributed by atoms with E-state index in [0.29, 0.717) is 0 Å². The number of halogens is 2. The Kier molecular flexibility index (Phi) is 4.99. The largest absolute Gasteiger partial charge is 0.395 e. The smallest absolute Gasteiger partial charge is 0.243 e. The number of hydrogen-bond donors (Lipinski definition) is 3.